The van der Waals surface area contributed by atoms with Crippen molar-refractivity contribution >= 4 is 17.7 Å². The smallest absolute Gasteiger partial charge is 0.256 e. The standard InChI is InChI=1S/C19H20FN5O3/c20-16-2-1-13(18(21)27)5-15(16)19(28)24-8-12-3-14(10-24)25(9-12)17(26)4-11-6-22-23-7-11/h1-2,5-7,12,14H,3-4,8-10H2,(H2,21,27)(H,22,23). The van der Waals surface area contributed by atoms with E-state index in [4.69, 9.17) is 5.73 Å². The molecule has 2 atom stereocenters. The number of nitrogens with two attached hydrogens (primary N) is 1. The van der Waals surface area contributed by atoms with Crippen molar-refractivity contribution in [3.8, 4) is 0 Å². The number of nitrogens with one attached hydrogen (secondary N) is 1. The molecule has 3 amide bonds. The van der Waals surface area contributed by atoms with Gasteiger partial charge in [-0.05, 0) is 36.1 Å². The van der Waals surface area contributed by atoms with E-state index in [0.717, 1.165) is 18.1 Å². The summed E-state index contributed by atoms with van der Waals surface area (Å²) in [5.41, 5.74) is 5.96. The Morgan fingerprint density at radius 1 is 1.25 bits per heavy atom. The highest BCUT2D eigenvalue weighted by Gasteiger charge is 2.42. The number of benzene rings is 1. The van der Waals surface area contributed by atoms with Gasteiger partial charge in [-0.25, -0.2) is 4.39 Å². The highest BCUT2D eigenvalue weighted by atomic mass is 19.1. The number of piperidine rings is 1. The molecule has 0 spiro atoms. The fraction of sp³-hybridized carbons (Fsp3) is 0.368. The van der Waals surface area contributed by atoms with Crippen molar-refractivity contribution in [2.24, 2.45) is 11.7 Å². The van der Waals surface area contributed by atoms with Crippen LogP contribution in [0.5, 0.6) is 0 Å². The van der Waals surface area contributed by atoms with Crippen LogP contribution in [0.1, 0.15) is 32.7 Å². The van der Waals surface area contributed by atoms with Crippen molar-refractivity contribution in [1.29, 1.82) is 0 Å². The maximum Gasteiger partial charge on any atom is 0.256 e. The number of carbonyl (C=O) groups is 3. The first-order chi connectivity index (χ1) is 13.4. The van der Waals surface area contributed by atoms with Gasteiger partial charge in [0, 0.05) is 37.4 Å². The van der Waals surface area contributed by atoms with Crippen LogP contribution in [0.25, 0.3) is 0 Å². The SMILES string of the molecule is NC(=O)c1ccc(F)c(C(=O)N2CC3CC(C2)N(C(=O)Cc2cn[nH]c2)C3)c1. The van der Waals surface area contributed by atoms with E-state index in [1.54, 1.807) is 22.2 Å². The quantitative estimate of drug-likeness (QED) is 0.801. The molecule has 3 N–H and O–H groups in total. The molecule has 8 nitrogen and oxygen atoms in total. The molecule has 0 saturated carbocycles. The minimum Gasteiger partial charge on any atom is -0.366 e. The molecular formula is C19H20FN5O3. The molecule has 2 unspecified atom stereocenters. The predicted molar refractivity (Wildman–Crippen MR) is 96.7 cm³/mol. The Morgan fingerprint density at radius 2 is 2.07 bits per heavy atom. The number of carbonyl (C=O) groups excluding carboxylic acids is 3. The third kappa shape index (κ3) is 3.35. The number of H-pyrrole nitrogens is 1. The molecule has 1 aromatic carbocycles. The number of fused-ring (bicyclic) bond motifs is 2. The van der Waals surface area contributed by atoms with Gasteiger partial charge in [-0.2, -0.15) is 5.10 Å². The van der Waals surface area contributed by atoms with Gasteiger partial charge in [0.2, 0.25) is 11.8 Å². The molecule has 2 fully saturated rings. The largest absolute Gasteiger partial charge is 0.366 e. The van der Waals surface area contributed by atoms with Crippen LogP contribution in [0.4, 0.5) is 4.39 Å². The summed E-state index contributed by atoms with van der Waals surface area (Å²) in [7, 11) is 0. The lowest BCUT2D eigenvalue weighted by Crippen LogP contribution is -2.46. The first kappa shape index (κ1) is 18.1. The Labute approximate surface area is 160 Å². The van der Waals surface area contributed by atoms with E-state index in [1.807, 2.05) is 0 Å². The maximum absolute atomic E-state index is 14.2. The van der Waals surface area contributed by atoms with E-state index in [9.17, 15) is 18.8 Å². The lowest BCUT2D eigenvalue weighted by atomic mass is 9.98. The topological polar surface area (TPSA) is 112 Å². The van der Waals surface area contributed by atoms with Crippen molar-refractivity contribution < 1.29 is 18.8 Å². The van der Waals surface area contributed by atoms with E-state index in [1.165, 1.54) is 12.1 Å². The van der Waals surface area contributed by atoms with Gasteiger partial charge >= 0.3 is 0 Å². The normalized spacial score (nSPS) is 21.0. The van der Waals surface area contributed by atoms with E-state index in [2.05, 4.69) is 10.2 Å². The fourth-order valence-electron chi connectivity index (χ4n) is 4.09. The van der Waals surface area contributed by atoms with Crippen molar-refractivity contribution in [3.63, 3.8) is 0 Å². The van der Waals surface area contributed by atoms with E-state index in [-0.39, 0.29) is 35.4 Å². The van der Waals surface area contributed by atoms with Crippen LogP contribution < -0.4 is 5.73 Å². The average molecular weight is 385 g/mol. The second-order valence-corrected chi connectivity index (χ2v) is 7.35. The predicted octanol–water partition coefficient (Wildman–Crippen LogP) is 0.563. The number of halogens is 1. The molecule has 2 aliphatic heterocycles. The van der Waals surface area contributed by atoms with Gasteiger partial charge in [0.25, 0.3) is 5.91 Å². The van der Waals surface area contributed by atoms with Gasteiger partial charge in [0.05, 0.1) is 18.2 Å². The monoisotopic (exact) mass is 385 g/mol. The Balaban J connectivity index is 1.49. The highest BCUT2D eigenvalue weighted by molar-refractivity contribution is 5.99. The molecule has 2 bridgehead atoms. The Hall–Kier alpha value is -3.23. The molecule has 1 aromatic heterocycles. The molecule has 146 valence electrons. The van der Waals surface area contributed by atoms with Crippen molar-refractivity contribution in [2.75, 3.05) is 19.6 Å². The minimum absolute atomic E-state index is 0.00916. The van der Waals surface area contributed by atoms with Gasteiger partial charge < -0.3 is 15.5 Å². The molecule has 4 rings (SSSR count). The number of aromatic nitrogens is 2. The summed E-state index contributed by atoms with van der Waals surface area (Å²) >= 11 is 0. The molecule has 9 heteroatoms. The molecular weight excluding hydrogens is 365 g/mol. The summed E-state index contributed by atoms with van der Waals surface area (Å²) in [6.07, 6.45) is 4.38. The van der Waals surface area contributed by atoms with Crippen LogP contribution in [0, 0.1) is 11.7 Å². The van der Waals surface area contributed by atoms with Crippen molar-refractivity contribution in [2.45, 2.75) is 18.9 Å². The maximum atomic E-state index is 14.2. The number of likely N-dealkylation sites (tertiary alicyclic amines) is 2. The molecule has 0 radical (unpaired) electrons. The number of nitrogens with zero attached hydrogens (tertiary/aromatic N) is 3. The van der Waals surface area contributed by atoms with E-state index >= 15 is 0 Å². The van der Waals surface area contributed by atoms with E-state index in [0.29, 0.717) is 19.6 Å². The third-order valence-electron chi connectivity index (χ3n) is 5.41. The van der Waals surface area contributed by atoms with Crippen molar-refractivity contribution in [3.05, 3.63) is 53.1 Å². The van der Waals surface area contributed by atoms with Gasteiger partial charge in [-0.15, -0.1) is 0 Å². The third-order valence-corrected chi connectivity index (χ3v) is 5.41. The summed E-state index contributed by atoms with van der Waals surface area (Å²) in [6, 6.07) is 3.43. The van der Waals surface area contributed by atoms with Crippen LogP contribution in [0.15, 0.2) is 30.6 Å². The zero-order valence-corrected chi connectivity index (χ0v) is 15.1. The van der Waals surface area contributed by atoms with Crippen LogP contribution in [-0.2, 0) is 11.2 Å². The van der Waals surface area contributed by atoms with Crippen LogP contribution >= 0.6 is 0 Å². The second kappa shape index (κ2) is 7.06. The van der Waals surface area contributed by atoms with Gasteiger partial charge in [-0.1, -0.05) is 0 Å². The summed E-state index contributed by atoms with van der Waals surface area (Å²) in [4.78, 5) is 40.2. The summed E-state index contributed by atoms with van der Waals surface area (Å²) in [6.45, 7) is 1.37. The zero-order valence-electron chi connectivity index (χ0n) is 15.1. The lowest BCUT2D eigenvalue weighted by Gasteiger charge is -2.33. The lowest BCUT2D eigenvalue weighted by molar-refractivity contribution is -0.131. The molecule has 2 aromatic rings. The Kier molecular flexibility index (Phi) is 4.58. The molecule has 28 heavy (non-hydrogen) atoms. The summed E-state index contributed by atoms with van der Waals surface area (Å²) in [5, 5.41) is 6.54. The Bertz CT molecular complexity index is 930. The van der Waals surface area contributed by atoms with Gasteiger partial charge in [-0.3, -0.25) is 19.5 Å². The number of hydrogen-bond acceptors (Lipinski definition) is 4. The molecule has 0 aliphatic carbocycles. The van der Waals surface area contributed by atoms with Crippen LogP contribution in [0.3, 0.4) is 0 Å². The zero-order chi connectivity index (χ0) is 19.8. The number of hydrogen-bond donors (Lipinski definition) is 2. The minimum atomic E-state index is -0.719. The first-order valence-corrected chi connectivity index (χ1v) is 9.08. The van der Waals surface area contributed by atoms with Gasteiger partial charge in [0.15, 0.2) is 0 Å². The average Bonchev–Trinajstić information content (AvgIpc) is 3.28. The first-order valence-electron chi connectivity index (χ1n) is 9.08. The van der Waals surface area contributed by atoms with E-state index < -0.39 is 17.6 Å². The molecule has 3 heterocycles. The fourth-order valence-corrected chi connectivity index (χ4v) is 4.09. The summed E-state index contributed by atoms with van der Waals surface area (Å²) in [5.74, 6) is -1.76. The highest BCUT2D eigenvalue weighted by Crippen LogP contribution is 2.31. The number of primary amides is 1. The Morgan fingerprint density at radius 3 is 2.79 bits per heavy atom. The van der Waals surface area contributed by atoms with Gasteiger partial charge in [0.1, 0.15) is 5.82 Å². The number of rotatable bonds is 4. The number of aromatic amines is 1. The molecule has 2 saturated heterocycles. The van der Waals surface area contributed by atoms with Crippen molar-refractivity contribution in [1.82, 2.24) is 20.0 Å². The molecule has 2 aliphatic rings. The summed E-state index contributed by atoms with van der Waals surface area (Å²) < 4.78 is 14.2. The van der Waals surface area contributed by atoms with Crippen LogP contribution in [0.2, 0.25) is 0 Å². The van der Waals surface area contributed by atoms with Crippen LogP contribution in [-0.4, -0.2) is 63.4 Å². The second-order valence-electron chi connectivity index (χ2n) is 7.35. The number of amides is 3.